The largest absolute Gasteiger partial charge is 0.455 e. The SMILES string of the molecule is c1ccc2c(c1)-c1ccccc1C21c2ccccc2-c2ccc(N(c3ccc(-c4cccc5c4oc4ccccc45)cc3)c3ccc(-c4ccc5c(c4)C4(c6ccccc6-5)c5ccccc5-n5c6ccccc6c6cccc4c65)c4ccccc34)cc21. The molecule has 3 heterocycles. The highest BCUT2D eigenvalue weighted by Crippen LogP contribution is 2.65. The second-order valence-electron chi connectivity index (χ2n) is 24.1. The summed E-state index contributed by atoms with van der Waals surface area (Å²) in [6.07, 6.45) is 0. The maximum absolute atomic E-state index is 6.63. The van der Waals surface area contributed by atoms with Crippen LogP contribution in [0.3, 0.4) is 0 Å². The molecule has 0 saturated carbocycles. The third-order valence-corrected chi connectivity index (χ3v) is 20.2. The maximum Gasteiger partial charge on any atom is 0.143 e. The van der Waals surface area contributed by atoms with Crippen LogP contribution in [0, 0.1) is 0 Å². The van der Waals surface area contributed by atoms with Gasteiger partial charge in [-0.1, -0.05) is 249 Å². The Labute approximate surface area is 502 Å². The van der Waals surface area contributed by atoms with E-state index in [1.54, 1.807) is 0 Å². The highest BCUT2D eigenvalue weighted by atomic mass is 16.3. The molecular formula is C84H50N2O. The summed E-state index contributed by atoms with van der Waals surface area (Å²) in [5.41, 5.74) is 30.5. The number of para-hydroxylation sites is 5. The second-order valence-corrected chi connectivity index (χ2v) is 24.1. The Morgan fingerprint density at radius 2 is 0.747 bits per heavy atom. The van der Waals surface area contributed by atoms with Crippen LogP contribution < -0.4 is 4.90 Å². The van der Waals surface area contributed by atoms with Crippen LogP contribution in [0.5, 0.6) is 0 Å². The van der Waals surface area contributed by atoms with Crippen LogP contribution >= 0.6 is 0 Å². The third-order valence-electron chi connectivity index (χ3n) is 20.2. The number of nitrogens with zero attached hydrogens (tertiary/aromatic N) is 2. The molecule has 0 N–H and O–H groups in total. The van der Waals surface area contributed by atoms with Crippen molar-refractivity contribution in [1.82, 2.24) is 4.57 Å². The normalized spacial score (nSPS) is 15.0. The Morgan fingerprint density at radius 3 is 1.46 bits per heavy atom. The molecule has 87 heavy (non-hydrogen) atoms. The number of anilines is 3. The fourth-order valence-electron chi connectivity index (χ4n) is 16.9. The highest BCUT2D eigenvalue weighted by Gasteiger charge is 2.53. The first kappa shape index (κ1) is 47.1. The Hall–Kier alpha value is -11.3. The molecule has 20 rings (SSSR count). The van der Waals surface area contributed by atoms with Crippen molar-refractivity contribution in [2.45, 2.75) is 10.8 Å². The summed E-state index contributed by atoms with van der Waals surface area (Å²) in [5, 5.41) is 7.16. The fourth-order valence-corrected chi connectivity index (χ4v) is 16.9. The average Bonchev–Trinajstić information content (AvgIpc) is 1.58. The smallest absolute Gasteiger partial charge is 0.143 e. The first-order valence-corrected chi connectivity index (χ1v) is 30.3. The predicted octanol–water partition coefficient (Wildman–Crippen LogP) is 21.7. The molecule has 3 aliphatic carbocycles. The molecule has 14 aromatic carbocycles. The molecule has 3 nitrogen and oxygen atoms in total. The van der Waals surface area contributed by atoms with Gasteiger partial charge in [-0.25, -0.2) is 0 Å². The van der Waals surface area contributed by atoms with Gasteiger partial charge >= 0.3 is 0 Å². The number of hydrogen-bond donors (Lipinski definition) is 0. The van der Waals surface area contributed by atoms with Gasteiger partial charge in [0.25, 0.3) is 0 Å². The lowest BCUT2D eigenvalue weighted by molar-refractivity contribution is 0.670. The first-order chi connectivity index (χ1) is 43.2. The molecule has 4 aliphatic rings. The van der Waals surface area contributed by atoms with Gasteiger partial charge < -0.3 is 13.9 Å². The molecular weight excluding hydrogens is 1050 g/mol. The highest BCUT2D eigenvalue weighted by molar-refractivity contribution is 6.14. The molecule has 0 bridgehead atoms. The van der Waals surface area contributed by atoms with Crippen molar-refractivity contribution in [3.8, 4) is 61.3 Å². The second kappa shape index (κ2) is 17.2. The van der Waals surface area contributed by atoms with Crippen LogP contribution in [0.15, 0.2) is 308 Å². The molecule has 402 valence electrons. The summed E-state index contributed by atoms with van der Waals surface area (Å²) in [4.78, 5) is 2.51. The minimum atomic E-state index is -0.567. The van der Waals surface area contributed by atoms with E-state index in [1.165, 1.54) is 122 Å². The van der Waals surface area contributed by atoms with E-state index in [0.29, 0.717) is 0 Å². The van der Waals surface area contributed by atoms with E-state index in [-0.39, 0.29) is 0 Å². The monoisotopic (exact) mass is 1100 g/mol. The summed E-state index contributed by atoms with van der Waals surface area (Å²) in [6, 6.07) is 114. The van der Waals surface area contributed by atoms with Crippen molar-refractivity contribution < 1.29 is 4.42 Å². The summed E-state index contributed by atoms with van der Waals surface area (Å²) >= 11 is 0. The van der Waals surface area contributed by atoms with Crippen LogP contribution in [0.4, 0.5) is 17.1 Å². The Balaban J connectivity index is 0.806. The van der Waals surface area contributed by atoms with E-state index in [4.69, 9.17) is 4.42 Å². The number of fused-ring (bicyclic) bond motifs is 26. The van der Waals surface area contributed by atoms with E-state index >= 15 is 0 Å². The zero-order valence-electron chi connectivity index (χ0n) is 47.2. The predicted molar refractivity (Wildman–Crippen MR) is 358 cm³/mol. The number of benzene rings is 14. The van der Waals surface area contributed by atoms with Crippen LogP contribution in [-0.4, -0.2) is 4.57 Å². The lowest BCUT2D eigenvalue weighted by atomic mass is 9.65. The molecule has 2 aromatic heterocycles. The minimum Gasteiger partial charge on any atom is -0.455 e. The Morgan fingerprint density at radius 1 is 0.276 bits per heavy atom. The van der Waals surface area contributed by atoms with Crippen molar-refractivity contribution in [1.29, 1.82) is 0 Å². The maximum atomic E-state index is 6.63. The van der Waals surface area contributed by atoms with Gasteiger partial charge in [0.2, 0.25) is 0 Å². The van der Waals surface area contributed by atoms with Gasteiger partial charge in [0.05, 0.1) is 33.2 Å². The van der Waals surface area contributed by atoms with Crippen LogP contribution in [0.1, 0.15) is 44.5 Å². The van der Waals surface area contributed by atoms with Crippen LogP contribution in [0.2, 0.25) is 0 Å². The van der Waals surface area contributed by atoms with E-state index in [2.05, 4.69) is 307 Å². The van der Waals surface area contributed by atoms with Gasteiger partial charge in [0, 0.05) is 43.9 Å². The standard InChI is InChI=1S/C84H50N2O/c1-2-24-64-57(19-1)55(52-41-45-62-60-22-6-12-33-72(60)84(75(62)49-52)73-34-13-15-37-79(73)86-77-36-14-7-25-65(77)67-28-18-35-74(84)81(67)86)47-48-78(64)85(53-42-39-51(40-43-53)56-27-17-29-68-66-26-8-16-38-80(66)87-82(56)68)54-44-46-63-61-23-5-11-32-71(61)83(76(63)50-54)69-30-9-3-20-58(69)59-21-4-10-31-70(59)83/h1-50H. The minimum absolute atomic E-state index is 0.507. The van der Waals surface area contributed by atoms with Gasteiger partial charge in [-0.3, -0.25) is 0 Å². The van der Waals surface area contributed by atoms with E-state index in [9.17, 15) is 0 Å². The summed E-state index contributed by atoms with van der Waals surface area (Å²) in [7, 11) is 0. The van der Waals surface area contributed by atoms with Crippen molar-refractivity contribution in [3.63, 3.8) is 0 Å². The quantitative estimate of drug-likeness (QED) is 0.171. The van der Waals surface area contributed by atoms with Crippen LogP contribution in [-0.2, 0) is 10.8 Å². The molecule has 0 saturated heterocycles. The summed E-state index contributed by atoms with van der Waals surface area (Å²) < 4.78 is 9.16. The van der Waals surface area contributed by atoms with Crippen molar-refractivity contribution in [2.24, 2.45) is 0 Å². The van der Waals surface area contributed by atoms with E-state index in [1.807, 2.05) is 6.07 Å². The van der Waals surface area contributed by atoms with Crippen molar-refractivity contribution in [3.05, 3.63) is 348 Å². The molecule has 0 amide bonds. The number of rotatable bonds is 5. The lowest BCUT2D eigenvalue weighted by Gasteiger charge is -2.39. The number of hydrogen-bond acceptors (Lipinski definition) is 2. The van der Waals surface area contributed by atoms with E-state index in [0.717, 1.165) is 55.5 Å². The molecule has 1 atom stereocenters. The van der Waals surface area contributed by atoms with Gasteiger partial charge in [0.1, 0.15) is 11.2 Å². The molecule has 3 heteroatoms. The van der Waals surface area contributed by atoms with E-state index < -0.39 is 10.8 Å². The van der Waals surface area contributed by atoms with Gasteiger partial charge in [-0.05, 0) is 155 Å². The number of aromatic nitrogens is 1. The summed E-state index contributed by atoms with van der Waals surface area (Å²) in [5.74, 6) is 0. The zero-order chi connectivity index (χ0) is 56.7. The van der Waals surface area contributed by atoms with Gasteiger partial charge in [-0.2, -0.15) is 0 Å². The first-order valence-electron chi connectivity index (χ1n) is 30.3. The van der Waals surface area contributed by atoms with Gasteiger partial charge in [0.15, 0.2) is 0 Å². The fraction of sp³-hybridized carbons (Fsp3) is 0.0238. The van der Waals surface area contributed by atoms with Crippen LogP contribution in [0.25, 0.3) is 116 Å². The zero-order valence-corrected chi connectivity index (χ0v) is 47.2. The number of furan rings is 1. The molecule has 1 aliphatic heterocycles. The lowest BCUT2D eigenvalue weighted by Crippen LogP contribution is -2.33. The molecule has 2 spiro atoms. The topological polar surface area (TPSA) is 21.3 Å². The third kappa shape index (κ3) is 5.95. The molecule has 16 aromatic rings. The van der Waals surface area contributed by atoms with Crippen molar-refractivity contribution >= 4 is 71.6 Å². The van der Waals surface area contributed by atoms with Gasteiger partial charge in [-0.15, -0.1) is 0 Å². The molecule has 1 unspecified atom stereocenters. The molecule has 0 radical (unpaired) electrons. The Bertz CT molecular complexity index is 5620. The average molecular weight is 1100 g/mol. The Kier molecular flexibility index (Phi) is 9.32. The van der Waals surface area contributed by atoms with Crippen molar-refractivity contribution in [2.75, 3.05) is 4.90 Å². The summed E-state index contributed by atoms with van der Waals surface area (Å²) in [6.45, 7) is 0. The molecule has 0 fully saturated rings.